The Morgan fingerprint density at radius 1 is 1.19 bits per heavy atom. The van der Waals surface area contributed by atoms with Gasteiger partial charge in [0.25, 0.3) is 0 Å². The fourth-order valence-electron chi connectivity index (χ4n) is 3.74. The largest absolute Gasteiger partial charge is 0.396 e. The van der Waals surface area contributed by atoms with Gasteiger partial charge in [-0.1, -0.05) is 6.07 Å². The third-order valence-corrected chi connectivity index (χ3v) is 5.10. The molecule has 2 aromatic rings. The summed E-state index contributed by atoms with van der Waals surface area (Å²) in [6.07, 6.45) is 2.17. The van der Waals surface area contributed by atoms with E-state index in [2.05, 4.69) is 15.3 Å². The quantitative estimate of drug-likeness (QED) is 0.729. The Hall–Kier alpha value is -1.96. The number of nitrogens with one attached hydrogen (secondary N) is 1. The fourth-order valence-corrected chi connectivity index (χ4v) is 3.74. The summed E-state index contributed by atoms with van der Waals surface area (Å²) >= 11 is 0. The summed E-state index contributed by atoms with van der Waals surface area (Å²) in [7, 11) is 0. The zero-order valence-corrected chi connectivity index (χ0v) is 14.6. The van der Waals surface area contributed by atoms with Crippen LogP contribution >= 0.6 is 0 Å². The first-order valence-electron chi connectivity index (χ1n) is 8.72. The van der Waals surface area contributed by atoms with E-state index in [4.69, 9.17) is 0 Å². The molecule has 0 bridgehead atoms. The van der Waals surface area contributed by atoms with Gasteiger partial charge in [0, 0.05) is 37.0 Å². The van der Waals surface area contributed by atoms with Crippen molar-refractivity contribution >= 4 is 0 Å². The van der Waals surface area contributed by atoms with Crippen molar-refractivity contribution in [1.82, 2.24) is 15.3 Å². The molecule has 26 heavy (non-hydrogen) atoms. The van der Waals surface area contributed by atoms with Gasteiger partial charge in [-0.25, -0.2) is 18.7 Å². The second-order valence-electron chi connectivity index (χ2n) is 6.85. The van der Waals surface area contributed by atoms with Gasteiger partial charge in [0.2, 0.25) is 0 Å². The molecule has 1 aliphatic carbocycles. The molecule has 5 nitrogen and oxygen atoms in total. The number of rotatable bonds is 6. The average Bonchev–Trinajstić information content (AvgIpc) is 2.90. The summed E-state index contributed by atoms with van der Waals surface area (Å²) in [5.41, 5.74) is 1.48. The van der Waals surface area contributed by atoms with E-state index < -0.39 is 17.7 Å². The van der Waals surface area contributed by atoms with Crippen LogP contribution in [0.1, 0.15) is 23.5 Å². The van der Waals surface area contributed by atoms with Crippen molar-refractivity contribution in [3.05, 3.63) is 59.2 Å². The van der Waals surface area contributed by atoms with E-state index in [9.17, 15) is 19.0 Å². The van der Waals surface area contributed by atoms with E-state index in [-0.39, 0.29) is 24.5 Å². The first kappa shape index (κ1) is 18.8. The van der Waals surface area contributed by atoms with Crippen molar-refractivity contribution in [1.29, 1.82) is 0 Å². The molecule has 140 valence electrons. The topological polar surface area (TPSA) is 78.3 Å². The summed E-state index contributed by atoms with van der Waals surface area (Å²) < 4.78 is 26.4. The minimum absolute atomic E-state index is 0.0189. The number of benzene rings is 1. The number of aromatic nitrogens is 2. The minimum Gasteiger partial charge on any atom is -0.396 e. The predicted octanol–water partition coefficient (Wildman–Crippen LogP) is 1.75. The van der Waals surface area contributed by atoms with Crippen LogP contribution in [0.2, 0.25) is 0 Å². The van der Waals surface area contributed by atoms with Gasteiger partial charge in [0.15, 0.2) is 11.6 Å². The molecule has 1 aromatic carbocycles. The molecule has 0 spiro atoms. The number of hydrogen-bond acceptors (Lipinski definition) is 5. The van der Waals surface area contributed by atoms with E-state index in [0.29, 0.717) is 30.8 Å². The Balaban J connectivity index is 1.72. The number of aryl methyl sites for hydroxylation is 1. The van der Waals surface area contributed by atoms with Crippen molar-refractivity contribution in [2.24, 2.45) is 11.8 Å². The standard InChI is InChI=1S/C19H23F2N3O2/c1-11-22-5-4-13(24-11)7-14-15(10-25)19(26)8-18(14)23-9-12-2-3-16(20)17(21)6-12/h2-6,14-15,18-19,23,25-26H,7-10H2,1H3. The predicted molar refractivity (Wildman–Crippen MR) is 92.1 cm³/mol. The van der Waals surface area contributed by atoms with Gasteiger partial charge in [-0.3, -0.25) is 0 Å². The lowest BCUT2D eigenvalue weighted by molar-refractivity contribution is 0.0716. The zero-order valence-electron chi connectivity index (χ0n) is 14.6. The molecule has 0 radical (unpaired) electrons. The molecule has 7 heteroatoms. The lowest BCUT2D eigenvalue weighted by Crippen LogP contribution is -2.36. The Morgan fingerprint density at radius 3 is 2.69 bits per heavy atom. The molecule has 4 unspecified atom stereocenters. The van der Waals surface area contributed by atoms with Crippen molar-refractivity contribution in [2.75, 3.05) is 6.61 Å². The maximum atomic E-state index is 13.4. The molecule has 3 N–H and O–H groups in total. The summed E-state index contributed by atoms with van der Waals surface area (Å²) in [6.45, 7) is 2.06. The molecule has 0 amide bonds. The maximum Gasteiger partial charge on any atom is 0.159 e. The van der Waals surface area contributed by atoms with E-state index in [0.717, 1.165) is 11.8 Å². The van der Waals surface area contributed by atoms with E-state index in [1.165, 1.54) is 12.1 Å². The van der Waals surface area contributed by atoms with Gasteiger partial charge < -0.3 is 15.5 Å². The van der Waals surface area contributed by atoms with Crippen molar-refractivity contribution in [3.8, 4) is 0 Å². The van der Waals surface area contributed by atoms with Crippen LogP contribution in [-0.2, 0) is 13.0 Å². The van der Waals surface area contributed by atoms with Gasteiger partial charge in [0.1, 0.15) is 5.82 Å². The molecule has 1 aromatic heterocycles. The zero-order chi connectivity index (χ0) is 18.7. The van der Waals surface area contributed by atoms with Gasteiger partial charge >= 0.3 is 0 Å². The normalized spacial score (nSPS) is 25.6. The van der Waals surface area contributed by atoms with Crippen LogP contribution in [0.4, 0.5) is 8.78 Å². The first-order chi connectivity index (χ1) is 12.5. The van der Waals surface area contributed by atoms with Crippen LogP contribution in [0.15, 0.2) is 30.5 Å². The smallest absolute Gasteiger partial charge is 0.159 e. The van der Waals surface area contributed by atoms with Crippen LogP contribution in [0, 0.1) is 30.4 Å². The molecule has 1 aliphatic rings. The van der Waals surface area contributed by atoms with Crippen LogP contribution < -0.4 is 5.32 Å². The molecular weight excluding hydrogens is 340 g/mol. The van der Waals surface area contributed by atoms with Crippen LogP contribution in [-0.4, -0.2) is 38.9 Å². The highest BCUT2D eigenvalue weighted by molar-refractivity contribution is 5.18. The summed E-state index contributed by atoms with van der Waals surface area (Å²) in [6, 6.07) is 5.57. The number of nitrogens with zero attached hydrogens (tertiary/aromatic N) is 2. The van der Waals surface area contributed by atoms with Crippen LogP contribution in [0.3, 0.4) is 0 Å². The molecule has 3 rings (SSSR count). The Kier molecular flexibility index (Phi) is 5.90. The number of aliphatic hydroxyl groups excluding tert-OH is 2. The molecule has 0 aliphatic heterocycles. The lowest BCUT2D eigenvalue weighted by atomic mass is 9.88. The average molecular weight is 363 g/mol. The Morgan fingerprint density at radius 2 is 2.00 bits per heavy atom. The summed E-state index contributed by atoms with van der Waals surface area (Å²) in [4.78, 5) is 8.50. The van der Waals surface area contributed by atoms with Gasteiger partial charge in [0.05, 0.1) is 6.10 Å². The number of aliphatic hydroxyl groups is 2. The van der Waals surface area contributed by atoms with Gasteiger partial charge in [-0.2, -0.15) is 0 Å². The first-order valence-corrected chi connectivity index (χ1v) is 8.72. The van der Waals surface area contributed by atoms with E-state index in [1.807, 2.05) is 13.0 Å². The summed E-state index contributed by atoms with van der Waals surface area (Å²) in [5.74, 6) is -1.35. The van der Waals surface area contributed by atoms with Crippen molar-refractivity contribution in [3.63, 3.8) is 0 Å². The van der Waals surface area contributed by atoms with Gasteiger partial charge in [-0.05, 0) is 49.4 Å². The van der Waals surface area contributed by atoms with Gasteiger partial charge in [-0.15, -0.1) is 0 Å². The van der Waals surface area contributed by atoms with Crippen molar-refractivity contribution in [2.45, 2.75) is 38.5 Å². The SMILES string of the molecule is Cc1nccc(CC2C(NCc3ccc(F)c(F)c3)CC(O)C2CO)n1. The van der Waals surface area contributed by atoms with E-state index in [1.54, 1.807) is 6.20 Å². The Bertz CT molecular complexity index is 759. The highest BCUT2D eigenvalue weighted by atomic mass is 19.2. The second kappa shape index (κ2) is 8.16. The maximum absolute atomic E-state index is 13.4. The monoisotopic (exact) mass is 363 g/mol. The molecular formula is C19H23F2N3O2. The molecule has 1 saturated carbocycles. The Labute approximate surface area is 151 Å². The lowest BCUT2D eigenvalue weighted by Gasteiger charge is -2.25. The fraction of sp³-hybridized carbons (Fsp3) is 0.474. The van der Waals surface area contributed by atoms with Crippen molar-refractivity contribution < 1.29 is 19.0 Å². The number of hydrogen-bond donors (Lipinski definition) is 3. The third-order valence-electron chi connectivity index (χ3n) is 5.10. The van der Waals surface area contributed by atoms with Crippen LogP contribution in [0.25, 0.3) is 0 Å². The molecule has 1 heterocycles. The molecule has 0 saturated heterocycles. The van der Waals surface area contributed by atoms with Crippen LogP contribution in [0.5, 0.6) is 0 Å². The molecule has 1 fully saturated rings. The highest BCUT2D eigenvalue weighted by Gasteiger charge is 2.41. The second-order valence-corrected chi connectivity index (χ2v) is 6.85. The third kappa shape index (κ3) is 4.23. The van der Waals surface area contributed by atoms with E-state index >= 15 is 0 Å². The summed E-state index contributed by atoms with van der Waals surface area (Å²) in [5, 5.41) is 23.3. The molecule has 4 atom stereocenters. The number of halogens is 2. The highest BCUT2D eigenvalue weighted by Crippen LogP contribution is 2.34. The minimum atomic E-state index is -0.878.